The van der Waals surface area contributed by atoms with E-state index in [9.17, 15) is 0 Å². The average Bonchev–Trinajstić information content (AvgIpc) is 3.13. The van der Waals surface area contributed by atoms with Gasteiger partial charge in [-0.3, -0.25) is 0 Å². The third kappa shape index (κ3) is 4.88. The molecule has 0 fully saturated rings. The summed E-state index contributed by atoms with van der Waals surface area (Å²) in [6, 6.07) is 16.7. The third-order valence-electron chi connectivity index (χ3n) is 3.83. The molecule has 0 aliphatic heterocycles. The smallest absolute Gasteiger partial charge is 0.00217 e. The van der Waals surface area contributed by atoms with Crippen LogP contribution in [0.2, 0.25) is 0 Å². The van der Waals surface area contributed by atoms with Crippen LogP contribution >= 0.6 is 0 Å². The van der Waals surface area contributed by atoms with Crippen LogP contribution in [-0.2, 0) is 30.7 Å². The summed E-state index contributed by atoms with van der Waals surface area (Å²) in [5.74, 6) is 0.416. The number of benzene rings is 2. The summed E-state index contributed by atoms with van der Waals surface area (Å²) in [7, 11) is 0. The average molecular weight is 434 g/mol. The first-order chi connectivity index (χ1) is 10.6. The van der Waals surface area contributed by atoms with Crippen molar-refractivity contribution in [3.63, 3.8) is 0 Å². The molecule has 0 N–H and O–H groups in total. The molecule has 0 heterocycles. The summed E-state index contributed by atoms with van der Waals surface area (Å²) in [6.45, 7) is 4.25. The summed E-state index contributed by atoms with van der Waals surface area (Å²) in [4.78, 5) is 0. The molecule has 2 aromatic carbocycles. The van der Waals surface area contributed by atoms with Gasteiger partial charge in [-0.1, -0.05) is 59.7 Å². The largest absolute Gasteiger partial charge is 1.00 e. The summed E-state index contributed by atoms with van der Waals surface area (Å²) in [6.07, 6.45) is 9.70. The Bertz CT molecular complexity index is 759. The van der Waals surface area contributed by atoms with Crippen molar-refractivity contribution in [1.29, 1.82) is 0 Å². The van der Waals surface area contributed by atoms with E-state index >= 15 is 0 Å². The van der Waals surface area contributed by atoms with Crippen molar-refractivity contribution in [3.05, 3.63) is 83.5 Å². The van der Waals surface area contributed by atoms with E-state index in [1.165, 1.54) is 31.0 Å². The molecule has 0 saturated carbocycles. The van der Waals surface area contributed by atoms with Crippen molar-refractivity contribution in [2.75, 3.05) is 0 Å². The number of allylic oxidation sites excluding steroid dienone is 4. The number of hydrogen-bond acceptors (Lipinski definition) is 0. The van der Waals surface area contributed by atoms with Gasteiger partial charge in [-0.2, -0.15) is 23.8 Å². The molecule has 0 aromatic heterocycles. The van der Waals surface area contributed by atoms with Crippen molar-refractivity contribution in [2.45, 2.75) is 26.2 Å². The Morgan fingerprint density at radius 3 is 2.25 bits per heavy atom. The molecule has 2 aromatic rings. The molecule has 0 saturated heterocycles. The fourth-order valence-electron chi connectivity index (χ4n) is 2.91. The second-order valence-electron chi connectivity index (χ2n) is 5.94. The van der Waals surface area contributed by atoms with Crippen LogP contribution in [0, 0.1) is 6.07 Å². The monoisotopic (exact) mass is 431 g/mol. The minimum Gasteiger partial charge on any atom is -1.00 e. The molecule has 4 rings (SSSR count). The van der Waals surface area contributed by atoms with E-state index < -0.39 is 0 Å². The van der Waals surface area contributed by atoms with Crippen LogP contribution in [-0.4, -0.2) is 3.21 Å². The molecule has 122 valence electrons. The second kappa shape index (κ2) is 9.66. The molecule has 0 radical (unpaired) electrons. The van der Waals surface area contributed by atoms with Gasteiger partial charge < -0.3 is 24.8 Å². The van der Waals surface area contributed by atoms with E-state index in [0.29, 0.717) is 5.92 Å². The van der Waals surface area contributed by atoms with E-state index in [4.69, 9.17) is 0 Å². The van der Waals surface area contributed by atoms with Crippen molar-refractivity contribution < 1.29 is 49.0 Å². The maximum Gasteiger partial charge on any atom is -0.00217 e. The van der Waals surface area contributed by atoms with Gasteiger partial charge in [-0.15, -0.1) is 11.1 Å². The minimum absolute atomic E-state index is 0. The molecule has 0 nitrogen and oxygen atoms in total. The molecule has 0 atom stereocenters. The van der Waals surface area contributed by atoms with Gasteiger partial charge in [-0.25, -0.2) is 0 Å². The van der Waals surface area contributed by atoms with Gasteiger partial charge in [-0.05, 0) is 12.3 Å². The normalized spacial score (nSPS) is 13.2. The molecular formula is C21H19Cl2Zr-. The van der Waals surface area contributed by atoms with Crippen molar-refractivity contribution in [2.24, 2.45) is 0 Å². The molecule has 2 aliphatic carbocycles. The Labute approximate surface area is 172 Å². The molecule has 0 unspecified atom stereocenters. The first-order valence-electron chi connectivity index (χ1n) is 7.65. The Kier molecular flexibility index (Phi) is 8.57. The fraction of sp³-hybridized carbons (Fsp3) is 0.190. The molecule has 3 heteroatoms. The third-order valence-corrected chi connectivity index (χ3v) is 3.83. The van der Waals surface area contributed by atoms with Crippen LogP contribution in [0.4, 0.5) is 0 Å². The van der Waals surface area contributed by atoms with Crippen LogP contribution in [0.5, 0.6) is 0 Å². The standard InChI is InChI=1S/C18H13.C3H6.2ClH.Zr/c1-2-6-13(5-1)14-9-10-18-16(11-14)12-15-7-3-4-8-17(15)18;1-3-2;;;/h1-10,13H,12H2;1-2H3;2*1H;/q-1;;;;+2/p-2. The zero-order valence-electron chi connectivity index (χ0n) is 13.8. The zero-order valence-corrected chi connectivity index (χ0v) is 17.8. The number of fused-ring (bicyclic) bond motifs is 3. The van der Waals surface area contributed by atoms with Gasteiger partial charge in [0.25, 0.3) is 0 Å². The molecule has 0 amide bonds. The first kappa shape index (κ1) is 21.3. The summed E-state index contributed by atoms with van der Waals surface area (Å²) >= 11 is 1.55. The maximum atomic E-state index is 3.61. The predicted molar refractivity (Wildman–Crippen MR) is 90.9 cm³/mol. The number of rotatable bonds is 1. The molecule has 24 heavy (non-hydrogen) atoms. The summed E-state index contributed by atoms with van der Waals surface area (Å²) in [5.41, 5.74) is 6.81. The zero-order chi connectivity index (χ0) is 15.5. The Hall–Kier alpha value is -0.747. The summed E-state index contributed by atoms with van der Waals surface area (Å²) < 4.78 is 1.51. The van der Waals surface area contributed by atoms with E-state index in [-0.39, 0.29) is 24.8 Å². The van der Waals surface area contributed by atoms with E-state index in [0.717, 1.165) is 6.42 Å². The summed E-state index contributed by atoms with van der Waals surface area (Å²) in [5, 5.41) is 0. The van der Waals surface area contributed by atoms with Crippen LogP contribution in [0.25, 0.3) is 11.1 Å². The maximum absolute atomic E-state index is 3.61. The van der Waals surface area contributed by atoms with E-state index in [2.05, 4.69) is 80.6 Å². The topological polar surface area (TPSA) is 0 Å². The van der Waals surface area contributed by atoms with E-state index in [1.54, 1.807) is 24.2 Å². The van der Waals surface area contributed by atoms with Crippen LogP contribution in [0.15, 0.2) is 60.7 Å². The van der Waals surface area contributed by atoms with Gasteiger partial charge >= 0.3 is 41.3 Å². The van der Waals surface area contributed by atoms with Gasteiger partial charge in [0, 0.05) is 0 Å². The molecule has 0 bridgehead atoms. The van der Waals surface area contributed by atoms with Crippen LogP contribution in [0.1, 0.15) is 36.5 Å². The van der Waals surface area contributed by atoms with Crippen molar-refractivity contribution in [1.82, 2.24) is 0 Å². The molecule has 2 aliphatic rings. The number of halogens is 2. The minimum atomic E-state index is 0. The van der Waals surface area contributed by atoms with Gasteiger partial charge in [0.2, 0.25) is 0 Å². The molecular weight excluding hydrogens is 414 g/mol. The molecule has 0 spiro atoms. The number of hydrogen-bond donors (Lipinski definition) is 0. The Morgan fingerprint density at radius 1 is 0.958 bits per heavy atom. The predicted octanol–water partition coefficient (Wildman–Crippen LogP) is -0.979. The van der Waals surface area contributed by atoms with E-state index in [1.807, 2.05) is 0 Å². The van der Waals surface area contributed by atoms with Gasteiger partial charge in [0.1, 0.15) is 0 Å². The quantitative estimate of drug-likeness (QED) is 0.433. The van der Waals surface area contributed by atoms with Crippen LogP contribution in [0.3, 0.4) is 0 Å². The van der Waals surface area contributed by atoms with Gasteiger partial charge in [0.15, 0.2) is 0 Å². The van der Waals surface area contributed by atoms with Gasteiger partial charge in [0.05, 0.1) is 0 Å². The Balaban J connectivity index is 0.000000438. The van der Waals surface area contributed by atoms with Crippen molar-refractivity contribution in [3.8, 4) is 11.1 Å². The SMILES string of the molecule is C[C](C)=[Zr+2].[Cl-].[Cl-].[c-]1c(C2C=CC=C2)ccc2c1Cc1ccccc1-2. The second-order valence-corrected chi connectivity index (χ2v) is 8.39. The van der Waals surface area contributed by atoms with Crippen LogP contribution < -0.4 is 24.8 Å². The van der Waals surface area contributed by atoms with Crippen molar-refractivity contribution >= 4 is 3.21 Å². The Morgan fingerprint density at radius 2 is 1.58 bits per heavy atom. The first-order valence-corrected chi connectivity index (χ1v) is 8.88. The fourth-order valence-corrected chi connectivity index (χ4v) is 2.91.